The summed E-state index contributed by atoms with van der Waals surface area (Å²) in [4.78, 5) is 0. The highest BCUT2D eigenvalue weighted by Gasteiger charge is 2.17. The van der Waals surface area contributed by atoms with Gasteiger partial charge in [0.05, 0.1) is 19.1 Å². The van der Waals surface area contributed by atoms with Crippen molar-refractivity contribution in [3.8, 4) is 11.8 Å². The zero-order chi connectivity index (χ0) is 13.8. The lowest BCUT2D eigenvalue weighted by Gasteiger charge is -2.17. The molecule has 0 aliphatic rings. The van der Waals surface area contributed by atoms with Crippen molar-refractivity contribution in [3.63, 3.8) is 0 Å². The van der Waals surface area contributed by atoms with E-state index in [1.165, 1.54) is 0 Å². The first kappa shape index (κ1) is 13.4. The summed E-state index contributed by atoms with van der Waals surface area (Å²) in [6, 6.07) is 14.0. The van der Waals surface area contributed by atoms with Crippen LogP contribution in [0, 0.1) is 17.2 Å². The first-order valence-corrected chi connectivity index (χ1v) is 6.42. The van der Waals surface area contributed by atoms with E-state index < -0.39 is 0 Å². The van der Waals surface area contributed by atoms with Gasteiger partial charge in [0.15, 0.2) is 0 Å². The van der Waals surface area contributed by atoms with Crippen molar-refractivity contribution in [2.24, 2.45) is 11.7 Å². The van der Waals surface area contributed by atoms with E-state index in [9.17, 15) is 0 Å². The number of fused-ring (bicyclic) bond motifs is 1. The number of hydrogen-bond acceptors (Lipinski definition) is 3. The Morgan fingerprint density at radius 1 is 1.21 bits per heavy atom. The lowest BCUT2D eigenvalue weighted by atomic mass is 9.91. The molecule has 19 heavy (non-hydrogen) atoms. The average molecular weight is 254 g/mol. The molecule has 2 N–H and O–H groups in total. The van der Waals surface area contributed by atoms with Crippen LogP contribution in [-0.2, 0) is 0 Å². The van der Waals surface area contributed by atoms with Crippen LogP contribution in [0.2, 0.25) is 0 Å². The number of nitrogens with two attached hydrogens (primary N) is 1. The van der Waals surface area contributed by atoms with Gasteiger partial charge in [0.1, 0.15) is 5.75 Å². The first-order valence-electron chi connectivity index (χ1n) is 6.42. The summed E-state index contributed by atoms with van der Waals surface area (Å²) >= 11 is 0. The van der Waals surface area contributed by atoms with Gasteiger partial charge in [-0.15, -0.1) is 0 Å². The summed E-state index contributed by atoms with van der Waals surface area (Å²) in [5.41, 5.74) is 7.17. The third kappa shape index (κ3) is 2.69. The number of methoxy groups -OCH3 is 1. The minimum absolute atomic E-state index is 0.143. The van der Waals surface area contributed by atoms with Crippen LogP contribution in [0.1, 0.15) is 24.9 Å². The Balaban J connectivity index is 2.39. The molecule has 0 heterocycles. The Hall–Kier alpha value is -2.05. The van der Waals surface area contributed by atoms with Crippen molar-refractivity contribution in [1.29, 1.82) is 5.26 Å². The predicted molar refractivity (Wildman–Crippen MR) is 76.8 cm³/mol. The molecular weight excluding hydrogens is 236 g/mol. The molecule has 3 heteroatoms. The molecule has 0 fully saturated rings. The van der Waals surface area contributed by atoms with Crippen molar-refractivity contribution in [3.05, 3.63) is 42.0 Å². The minimum atomic E-state index is -0.235. The number of ether oxygens (including phenoxy) is 1. The third-order valence-corrected chi connectivity index (χ3v) is 3.50. The topological polar surface area (TPSA) is 59.0 Å². The molecule has 2 aromatic rings. The lowest BCUT2D eigenvalue weighted by molar-refractivity contribution is 0.415. The molecule has 2 unspecified atom stereocenters. The number of nitriles is 1. The maximum atomic E-state index is 9.09. The van der Waals surface area contributed by atoms with E-state index in [0.717, 1.165) is 28.5 Å². The van der Waals surface area contributed by atoms with Crippen molar-refractivity contribution in [2.75, 3.05) is 7.11 Å². The molecule has 0 bridgehead atoms. The summed E-state index contributed by atoms with van der Waals surface area (Å²) in [6.07, 6.45) is 0.762. The minimum Gasteiger partial charge on any atom is -0.497 e. The summed E-state index contributed by atoms with van der Waals surface area (Å²) in [7, 11) is 1.66. The molecule has 0 saturated carbocycles. The fourth-order valence-electron chi connectivity index (χ4n) is 2.23. The van der Waals surface area contributed by atoms with Crippen LogP contribution in [0.25, 0.3) is 10.8 Å². The zero-order valence-corrected chi connectivity index (χ0v) is 11.3. The highest BCUT2D eigenvalue weighted by molar-refractivity contribution is 5.84. The van der Waals surface area contributed by atoms with Crippen molar-refractivity contribution in [1.82, 2.24) is 0 Å². The molecule has 2 atom stereocenters. The Kier molecular flexibility index (Phi) is 4.03. The summed E-state index contributed by atoms with van der Waals surface area (Å²) < 4.78 is 5.21. The van der Waals surface area contributed by atoms with E-state index in [0.29, 0.717) is 0 Å². The first-order chi connectivity index (χ1) is 9.19. The SMILES string of the molecule is CCC(C#N)C(N)c1ccc2cc(OC)ccc2c1. The van der Waals surface area contributed by atoms with Crippen LogP contribution in [0.3, 0.4) is 0 Å². The number of rotatable bonds is 4. The summed E-state index contributed by atoms with van der Waals surface area (Å²) in [5.74, 6) is 0.698. The molecule has 0 amide bonds. The number of benzene rings is 2. The second kappa shape index (κ2) is 5.73. The standard InChI is InChI=1S/C16H18N2O/c1-3-11(10-17)16(18)14-5-4-13-9-15(19-2)7-6-12(13)8-14/h4-9,11,16H,3,18H2,1-2H3. The van der Waals surface area contributed by atoms with Crippen LogP contribution >= 0.6 is 0 Å². The molecule has 0 spiro atoms. The van der Waals surface area contributed by atoms with Crippen LogP contribution in [0.15, 0.2) is 36.4 Å². The Morgan fingerprint density at radius 3 is 2.53 bits per heavy atom. The molecule has 2 aromatic carbocycles. The van der Waals surface area contributed by atoms with Crippen LogP contribution in [0.5, 0.6) is 5.75 Å². The quantitative estimate of drug-likeness (QED) is 0.909. The van der Waals surface area contributed by atoms with Crippen LogP contribution in [-0.4, -0.2) is 7.11 Å². The van der Waals surface area contributed by atoms with Crippen molar-refractivity contribution < 1.29 is 4.74 Å². The van der Waals surface area contributed by atoms with E-state index in [2.05, 4.69) is 12.1 Å². The van der Waals surface area contributed by atoms with Gasteiger partial charge in [-0.2, -0.15) is 5.26 Å². The van der Waals surface area contributed by atoms with Gasteiger partial charge >= 0.3 is 0 Å². The van der Waals surface area contributed by atoms with E-state index in [-0.39, 0.29) is 12.0 Å². The smallest absolute Gasteiger partial charge is 0.119 e. The largest absolute Gasteiger partial charge is 0.497 e. The number of nitrogens with zero attached hydrogens (tertiary/aromatic N) is 1. The normalized spacial score (nSPS) is 13.8. The van der Waals surface area contributed by atoms with Gasteiger partial charge in [-0.05, 0) is 41.0 Å². The third-order valence-electron chi connectivity index (χ3n) is 3.50. The lowest BCUT2D eigenvalue weighted by Crippen LogP contribution is -2.19. The van der Waals surface area contributed by atoms with Gasteiger partial charge in [0.25, 0.3) is 0 Å². The van der Waals surface area contributed by atoms with Gasteiger partial charge in [-0.1, -0.05) is 25.1 Å². The molecule has 0 saturated heterocycles. The number of hydrogen-bond donors (Lipinski definition) is 1. The highest BCUT2D eigenvalue weighted by Crippen LogP contribution is 2.27. The second-order valence-electron chi connectivity index (χ2n) is 4.64. The molecule has 2 rings (SSSR count). The Bertz CT molecular complexity index is 616. The Labute approximate surface area is 113 Å². The fourth-order valence-corrected chi connectivity index (χ4v) is 2.23. The monoisotopic (exact) mass is 254 g/mol. The van der Waals surface area contributed by atoms with E-state index in [1.807, 2.05) is 37.3 Å². The zero-order valence-electron chi connectivity index (χ0n) is 11.3. The van der Waals surface area contributed by atoms with E-state index in [1.54, 1.807) is 7.11 Å². The van der Waals surface area contributed by atoms with Gasteiger partial charge in [0, 0.05) is 6.04 Å². The average Bonchev–Trinajstić information content (AvgIpc) is 2.47. The Morgan fingerprint density at radius 2 is 1.89 bits per heavy atom. The summed E-state index contributed by atoms with van der Waals surface area (Å²) in [6.45, 7) is 1.99. The molecule has 0 aromatic heterocycles. The van der Waals surface area contributed by atoms with Gasteiger partial charge in [-0.25, -0.2) is 0 Å². The van der Waals surface area contributed by atoms with Gasteiger partial charge in [0.2, 0.25) is 0 Å². The molecule has 0 aliphatic carbocycles. The molecule has 3 nitrogen and oxygen atoms in total. The van der Waals surface area contributed by atoms with Crippen molar-refractivity contribution >= 4 is 10.8 Å². The maximum Gasteiger partial charge on any atom is 0.119 e. The maximum absolute atomic E-state index is 9.09. The molecule has 0 aliphatic heterocycles. The molecule has 98 valence electrons. The van der Waals surface area contributed by atoms with E-state index in [4.69, 9.17) is 15.7 Å². The predicted octanol–water partition coefficient (Wildman–Crippen LogP) is 3.40. The molecule has 0 radical (unpaired) electrons. The second-order valence-corrected chi connectivity index (χ2v) is 4.64. The van der Waals surface area contributed by atoms with Crippen LogP contribution < -0.4 is 10.5 Å². The molecular formula is C16H18N2O. The van der Waals surface area contributed by atoms with Gasteiger partial charge < -0.3 is 10.5 Å². The van der Waals surface area contributed by atoms with Crippen molar-refractivity contribution in [2.45, 2.75) is 19.4 Å². The fraction of sp³-hybridized carbons (Fsp3) is 0.312. The van der Waals surface area contributed by atoms with Crippen LogP contribution in [0.4, 0.5) is 0 Å². The van der Waals surface area contributed by atoms with Gasteiger partial charge in [-0.3, -0.25) is 0 Å². The van der Waals surface area contributed by atoms with E-state index >= 15 is 0 Å². The highest BCUT2D eigenvalue weighted by atomic mass is 16.5. The summed E-state index contributed by atoms with van der Waals surface area (Å²) in [5, 5.41) is 11.3.